The first-order valence-electron chi connectivity index (χ1n) is 23.0. The molecule has 2 saturated heterocycles. The van der Waals surface area contributed by atoms with E-state index < -0.39 is 16.1 Å². The molecule has 300 valence electrons. The largest absolute Gasteiger partial charge is 0.389 e. The molecule has 5 rings (SSSR count). The molecule has 0 saturated carbocycles. The van der Waals surface area contributed by atoms with Crippen molar-refractivity contribution in [3.05, 3.63) is 119 Å². The van der Waals surface area contributed by atoms with E-state index >= 15 is 0 Å². The number of nitrogens with one attached hydrogen (secondary N) is 2. The Morgan fingerprint density at radius 2 is 0.964 bits per heavy atom. The van der Waals surface area contributed by atoms with E-state index in [9.17, 15) is 0 Å². The molecule has 2 N–H and O–H groups in total. The van der Waals surface area contributed by atoms with Gasteiger partial charge in [0.25, 0.3) is 0 Å². The maximum Gasteiger partial charge on any atom is 0.0859 e. The summed E-state index contributed by atoms with van der Waals surface area (Å²) in [5.74, 6) is 0. The van der Waals surface area contributed by atoms with Gasteiger partial charge in [-0.2, -0.15) is 0 Å². The van der Waals surface area contributed by atoms with Crippen LogP contribution in [0.5, 0.6) is 0 Å². The predicted molar refractivity (Wildman–Crippen MR) is 249 cm³/mol. The van der Waals surface area contributed by atoms with Crippen LogP contribution >= 0.6 is 0 Å². The minimum Gasteiger partial charge on any atom is -0.389 e. The molecule has 3 aromatic carbocycles. The van der Waals surface area contributed by atoms with Crippen molar-refractivity contribution in [3.63, 3.8) is 0 Å². The highest BCUT2D eigenvalue weighted by atomic mass is 28.3. The molecular formula is C51H78N2Si2. The van der Waals surface area contributed by atoms with Crippen LogP contribution in [0.2, 0.25) is 36.8 Å². The first-order valence-corrected chi connectivity index (χ1v) is 28.5. The molecule has 55 heavy (non-hydrogen) atoms. The minimum atomic E-state index is -1.49. The van der Waals surface area contributed by atoms with E-state index in [4.69, 9.17) is 0 Å². The second kappa shape index (κ2) is 20.0. The zero-order chi connectivity index (χ0) is 39.4. The van der Waals surface area contributed by atoms with E-state index in [1.807, 2.05) is 0 Å². The number of rotatable bonds is 21. The summed E-state index contributed by atoms with van der Waals surface area (Å²) in [5.41, 5.74) is 8.34. The van der Waals surface area contributed by atoms with Crippen molar-refractivity contribution in [1.29, 1.82) is 0 Å². The van der Waals surface area contributed by atoms with Crippen LogP contribution in [0.3, 0.4) is 0 Å². The third kappa shape index (κ3) is 9.49. The number of hydrogen-bond acceptors (Lipinski definition) is 2. The molecule has 3 aromatic rings. The molecule has 2 aliphatic rings. The molecule has 0 aliphatic carbocycles. The maximum absolute atomic E-state index is 3.84. The van der Waals surface area contributed by atoms with Crippen LogP contribution in [0.4, 0.5) is 0 Å². The normalized spacial score (nSPS) is 18.6. The second-order valence-corrected chi connectivity index (χ2v) is 28.0. The molecule has 2 heterocycles. The molecule has 2 atom stereocenters. The van der Waals surface area contributed by atoms with Crippen molar-refractivity contribution in [2.24, 2.45) is 0 Å². The molecule has 2 fully saturated rings. The fraction of sp³-hybridized carbons (Fsp3) is 0.569. The standard InChI is InChI=1S/C51H78N2Si2/c1-9-16-18-35-50(40-46-25-21-37-52-46,42-27-31-48(32-28-42)54(8,11-3)12-4)44-23-20-24-45(39-44)51(36-19-17-10-2,41-47-26-22-38-53-47)43-29-33-49(34-30-43)55(13-5,14-6)15-7/h20,23-24,27-34,39-41,52-53H,9-19,21-22,25-26,35-38H2,1-8H3/b46-40+,47-41+. The first kappa shape index (κ1) is 43.3. The summed E-state index contributed by atoms with van der Waals surface area (Å²) in [7, 11) is -2.95. The molecule has 0 aromatic heterocycles. The van der Waals surface area contributed by atoms with Crippen LogP contribution in [-0.2, 0) is 10.8 Å². The SMILES string of the molecule is CCCCCC(/C=C1\CCCN1)(c1ccc([Si](C)(CC)CC)cc1)c1cccc(C(/C=C2\CCCN2)(CCCCC)c2ccc([Si](CC)(CC)CC)cc2)c1. The molecule has 0 radical (unpaired) electrons. The van der Waals surface area contributed by atoms with Gasteiger partial charge >= 0.3 is 0 Å². The highest BCUT2D eigenvalue weighted by molar-refractivity contribution is 6.91. The van der Waals surface area contributed by atoms with E-state index in [1.165, 1.54) is 115 Å². The third-order valence-corrected chi connectivity index (χ3v) is 25.2. The summed E-state index contributed by atoms with van der Waals surface area (Å²) in [6.45, 7) is 21.6. The number of hydrogen-bond donors (Lipinski definition) is 2. The van der Waals surface area contributed by atoms with Crippen LogP contribution in [0.25, 0.3) is 0 Å². The fourth-order valence-corrected chi connectivity index (χ4v) is 16.0. The van der Waals surface area contributed by atoms with Gasteiger partial charge in [0, 0.05) is 35.3 Å². The Balaban J connectivity index is 1.76. The number of unbranched alkanes of at least 4 members (excludes halogenated alkanes) is 4. The van der Waals surface area contributed by atoms with Crippen LogP contribution in [-0.4, -0.2) is 29.2 Å². The van der Waals surface area contributed by atoms with Crippen molar-refractivity contribution in [3.8, 4) is 0 Å². The van der Waals surface area contributed by atoms with Gasteiger partial charge in [-0.1, -0.05) is 219 Å². The van der Waals surface area contributed by atoms with Crippen molar-refractivity contribution in [2.45, 2.75) is 173 Å². The molecular weight excluding hydrogens is 697 g/mol. The monoisotopic (exact) mass is 775 g/mol. The van der Waals surface area contributed by atoms with Gasteiger partial charge < -0.3 is 10.6 Å². The highest BCUT2D eigenvalue weighted by Crippen LogP contribution is 2.45. The van der Waals surface area contributed by atoms with Gasteiger partial charge in [0.15, 0.2) is 0 Å². The van der Waals surface area contributed by atoms with Gasteiger partial charge in [-0.05, 0) is 60.8 Å². The lowest BCUT2D eigenvalue weighted by Crippen LogP contribution is -2.45. The molecule has 0 bridgehead atoms. The Morgan fingerprint density at radius 3 is 1.33 bits per heavy atom. The lowest BCUT2D eigenvalue weighted by molar-refractivity contribution is 0.512. The van der Waals surface area contributed by atoms with E-state index in [0.717, 1.165) is 38.8 Å². The Labute approximate surface area is 340 Å². The molecule has 2 unspecified atom stereocenters. The Kier molecular flexibility index (Phi) is 15.8. The summed E-state index contributed by atoms with van der Waals surface area (Å²) in [4.78, 5) is 0. The average molecular weight is 775 g/mol. The highest BCUT2D eigenvalue weighted by Gasteiger charge is 2.38. The van der Waals surface area contributed by atoms with Gasteiger partial charge in [-0.3, -0.25) is 0 Å². The maximum atomic E-state index is 3.84. The summed E-state index contributed by atoms with van der Waals surface area (Å²) >= 11 is 0. The Morgan fingerprint density at radius 1 is 0.527 bits per heavy atom. The molecule has 4 heteroatoms. The summed E-state index contributed by atoms with van der Waals surface area (Å²) in [5, 5.41) is 10.9. The van der Waals surface area contributed by atoms with Crippen LogP contribution in [0.15, 0.2) is 96.3 Å². The first-order chi connectivity index (χ1) is 26.7. The zero-order valence-electron chi connectivity index (χ0n) is 36.5. The van der Waals surface area contributed by atoms with Crippen molar-refractivity contribution in [2.75, 3.05) is 13.1 Å². The second-order valence-electron chi connectivity index (χ2n) is 17.6. The van der Waals surface area contributed by atoms with Gasteiger partial charge in [-0.15, -0.1) is 0 Å². The van der Waals surface area contributed by atoms with Crippen molar-refractivity contribution in [1.82, 2.24) is 10.6 Å². The van der Waals surface area contributed by atoms with E-state index in [-0.39, 0.29) is 10.8 Å². The van der Waals surface area contributed by atoms with Crippen molar-refractivity contribution < 1.29 is 0 Å². The van der Waals surface area contributed by atoms with Crippen molar-refractivity contribution >= 4 is 26.5 Å². The van der Waals surface area contributed by atoms with E-state index in [0.29, 0.717) is 0 Å². The number of benzene rings is 3. The molecule has 0 amide bonds. The van der Waals surface area contributed by atoms with Gasteiger partial charge in [0.1, 0.15) is 0 Å². The predicted octanol–water partition coefficient (Wildman–Crippen LogP) is 13.0. The molecule has 0 spiro atoms. The Hall–Kier alpha value is -2.83. The topological polar surface area (TPSA) is 24.1 Å². The van der Waals surface area contributed by atoms with Crippen LogP contribution in [0, 0.1) is 0 Å². The minimum absolute atomic E-state index is 0.195. The van der Waals surface area contributed by atoms with E-state index in [1.54, 1.807) is 10.4 Å². The Bertz CT molecular complexity index is 1660. The van der Waals surface area contributed by atoms with Gasteiger partial charge in [0.2, 0.25) is 0 Å². The average Bonchev–Trinajstić information content (AvgIpc) is 3.96. The van der Waals surface area contributed by atoms with Crippen LogP contribution in [0.1, 0.15) is 148 Å². The summed E-state index contributed by atoms with van der Waals surface area (Å²) < 4.78 is 0. The number of allylic oxidation sites excluding steroid dienone is 4. The van der Waals surface area contributed by atoms with E-state index in [2.05, 4.69) is 151 Å². The molecule has 2 aliphatic heterocycles. The third-order valence-electron chi connectivity index (χ3n) is 14.7. The molecule has 2 nitrogen and oxygen atoms in total. The lowest BCUT2D eigenvalue weighted by atomic mass is 9.66. The van der Waals surface area contributed by atoms with Gasteiger partial charge in [-0.25, -0.2) is 0 Å². The smallest absolute Gasteiger partial charge is 0.0859 e. The van der Waals surface area contributed by atoms with Crippen LogP contribution < -0.4 is 21.0 Å². The summed E-state index contributed by atoms with van der Waals surface area (Å²) in [6, 6.07) is 37.0. The summed E-state index contributed by atoms with van der Waals surface area (Å²) in [6.07, 6.45) is 19.8. The van der Waals surface area contributed by atoms with Gasteiger partial charge in [0.05, 0.1) is 16.1 Å². The zero-order valence-corrected chi connectivity index (χ0v) is 38.5. The quantitative estimate of drug-likeness (QED) is 0.0832. The fourth-order valence-electron chi connectivity index (χ4n) is 10.2. The lowest BCUT2D eigenvalue weighted by Gasteiger charge is -2.38.